The van der Waals surface area contributed by atoms with E-state index < -0.39 is 6.61 Å². The lowest BCUT2D eigenvalue weighted by Gasteiger charge is -2.12. The van der Waals surface area contributed by atoms with E-state index in [4.69, 9.17) is 0 Å². The van der Waals surface area contributed by atoms with E-state index in [0.717, 1.165) is 18.4 Å². The van der Waals surface area contributed by atoms with Gasteiger partial charge in [-0.2, -0.15) is 8.78 Å². The van der Waals surface area contributed by atoms with Crippen molar-refractivity contribution in [3.05, 3.63) is 40.3 Å². The molecule has 8 heteroatoms. The lowest BCUT2D eigenvalue weighted by molar-refractivity contribution is -0.0498. The first-order chi connectivity index (χ1) is 10.5. The molecule has 0 radical (unpaired) electrons. The van der Waals surface area contributed by atoms with Crippen molar-refractivity contribution in [1.29, 1.82) is 0 Å². The van der Waals surface area contributed by atoms with Crippen molar-refractivity contribution in [2.75, 3.05) is 0 Å². The quantitative estimate of drug-likeness (QED) is 0.827. The Labute approximate surface area is 129 Å². The summed E-state index contributed by atoms with van der Waals surface area (Å²) in [6.07, 6.45) is 2.00. The van der Waals surface area contributed by atoms with Crippen molar-refractivity contribution in [3.8, 4) is 5.75 Å². The highest BCUT2D eigenvalue weighted by atomic mass is 32.2. The molecule has 1 aliphatic rings. The molecule has 1 fully saturated rings. The van der Waals surface area contributed by atoms with Gasteiger partial charge >= 0.3 is 12.3 Å². The zero-order valence-corrected chi connectivity index (χ0v) is 12.6. The van der Waals surface area contributed by atoms with Crippen LogP contribution in [0.4, 0.5) is 8.78 Å². The maximum atomic E-state index is 12.1. The van der Waals surface area contributed by atoms with Crippen molar-refractivity contribution in [1.82, 2.24) is 14.8 Å². The van der Waals surface area contributed by atoms with Crippen LogP contribution in [0.25, 0.3) is 0 Å². The van der Waals surface area contributed by atoms with Crippen LogP contribution in [0.5, 0.6) is 5.75 Å². The molecule has 0 aliphatic heterocycles. The Morgan fingerprint density at radius 1 is 1.36 bits per heavy atom. The zero-order valence-electron chi connectivity index (χ0n) is 11.8. The smallest absolute Gasteiger partial charge is 0.387 e. The molecule has 118 valence electrons. The molecule has 1 aliphatic carbocycles. The molecule has 1 heterocycles. The zero-order chi connectivity index (χ0) is 15.7. The summed E-state index contributed by atoms with van der Waals surface area (Å²) in [7, 11) is 0. The molecule has 1 atom stereocenters. The van der Waals surface area contributed by atoms with Crippen LogP contribution < -0.4 is 10.4 Å². The fraction of sp³-hybridized carbons (Fsp3) is 0.429. The first kappa shape index (κ1) is 15.1. The van der Waals surface area contributed by atoms with Crippen molar-refractivity contribution >= 4 is 11.8 Å². The van der Waals surface area contributed by atoms with Gasteiger partial charge in [0.25, 0.3) is 0 Å². The van der Waals surface area contributed by atoms with Gasteiger partial charge in [0, 0.05) is 11.3 Å². The van der Waals surface area contributed by atoms with Crippen LogP contribution in [-0.2, 0) is 0 Å². The average Bonchev–Trinajstić information content (AvgIpc) is 3.24. The number of aromatic amines is 1. The number of H-pyrrole nitrogens is 1. The number of hydrogen-bond donors (Lipinski definition) is 1. The van der Waals surface area contributed by atoms with Crippen molar-refractivity contribution in [3.63, 3.8) is 0 Å². The monoisotopic (exact) mass is 327 g/mol. The Balaban J connectivity index is 1.71. The fourth-order valence-corrected chi connectivity index (χ4v) is 3.23. The average molecular weight is 327 g/mol. The van der Waals surface area contributed by atoms with Gasteiger partial charge in [-0.25, -0.2) is 9.89 Å². The predicted octanol–water partition coefficient (Wildman–Crippen LogP) is 3.36. The second kappa shape index (κ2) is 6.12. The molecule has 1 saturated carbocycles. The van der Waals surface area contributed by atoms with E-state index >= 15 is 0 Å². The molecule has 0 unspecified atom stereocenters. The Kier molecular flexibility index (Phi) is 4.19. The molecular formula is C14H15F2N3O2S. The number of alkyl halides is 2. The molecule has 3 rings (SSSR count). The van der Waals surface area contributed by atoms with Crippen LogP contribution >= 0.6 is 11.8 Å². The van der Waals surface area contributed by atoms with Crippen LogP contribution in [0.3, 0.4) is 0 Å². The fourth-order valence-electron chi connectivity index (χ4n) is 2.17. The van der Waals surface area contributed by atoms with Crippen LogP contribution in [0.1, 0.15) is 36.6 Å². The summed E-state index contributed by atoms with van der Waals surface area (Å²) in [5.41, 5.74) is 0.766. The first-order valence-corrected chi connectivity index (χ1v) is 7.81. The third-order valence-electron chi connectivity index (χ3n) is 3.44. The van der Waals surface area contributed by atoms with E-state index in [-0.39, 0.29) is 22.7 Å². The van der Waals surface area contributed by atoms with Crippen LogP contribution in [0, 0.1) is 0 Å². The topological polar surface area (TPSA) is 59.9 Å². The Morgan fingerprint density at radius 2 is 2.05 bits per heavy atom. The van der Waals surface area contributed by atoms with Gasteiger partial charge in [0.15, 0.2) is 5.16 Å². The Morgan fingerprint density at radius 3 is 2.64 bits per heavy atom. The minimum absolute atomic E-state index is 0.0355. The lowest BCUT2D eigenvalue weighted by atomic mass is 10.2. The number of aromatic nitrogens is 3. The number of rotatable bonds is 6. The summed E-state index contributed by atoms with van der Waals surface area (Å²) in [6, 6.07) is 6.75. The summed E-state index contributed by atoms with van der Waals surface area (Å²) in [4.78, 5) is 11.7. The minimum Gasteiger partial charge on any atom is -0.435 e. The molecule has 1 aromatic carbocycles. The van der Waals surface area contributed by atoms with Gasteiger partial charge in [0.2, 0.25) is 0 Å². The number of hydrogen-bond acceptors (Lipinski definition) is 4. The maximum Gasteiger partial charge on any atom is 0.387 e. The van der Waals surface area contributed by atoms with E-state index in [9.17, 15) is 13.6 Å². The summed E-state index contributed by atoms with van der Waals surface area (Å²) < 4.78 is 30.3. The Hall–Kier alpha value is -1.83. The predicted molar refractivity (Wildman–Crippen MR) is 78.5 cm³/mol. The molecular weight excluding hydrogens is 312 g/mol. The van der Waals surface area contributed by atoms with Gasteiger partial charge in [0.05, 0.1) is 0 Å². The summed E-state index contributed by atoms with van der Waals surface area (Å²) in [5.74, 6) is 0.130. The van der Waals surface area contributed by atoms with Crippen molar-refractivity contribution in [2.24, 2.45) is 0 Å². The first-order valence-electron chi connectivity index (χ1n) is 6.93. The number of ether oxygens (including phenoxy) is 1. The molecule has 0 amide bonds. The second-order valence-electron chi connectivity index (χ2n) is 5.12. The normalized spacial score (nSPS) is 16.0. The molecule has 5 nitrogen and oxygen atoms in total. The highest BCUT2D eigenvalue weighted by Gasteiger charge is 2.29. The van der Waals surface area contributed by atoms with E-state index in [1.807, 2.05) is 6.92 Å². The standard InChI is InChI=1S/C14H15F2N3O2S/c1-8(9-2-6-11(7-3-9)21-12(15)16)22-14-18-17-13(20)19(14)10-4-5-10/h2-3,6-8,10,12H,4-5H2,1H3,(H,17,20)/t8-/m1/s1. The lowest BCUT2D eigenvalue weighted by Crippen LogP contribution is -2.16. The van der Waals surface area contributed by atoms with E-state index in [1.165, 1.54) is 23.9 Å². The molecule has 2 aromatic rings. The number of thioether (sulfide) groups is 1. The number of nitrogens with zero attached hydrogens (tertiary/aromatic N) is 2. The van der Waals surface area contributed by atoms with Crippen LogP contribution in [-0.4, -0.2) is 21.4 Å². The van der Waals surface area contributed by atoms with Gasteiger partial charge in [-0.1, -0.05) is 23.9 Å². The van der Waals surface area contributed by atoms with Gasteiger partial charge in [0.1, 0.15) is 5.75 Å². The van der Waals surface area contributed by atoms with Crippen LogP contribution in [0.2, 0.25) is 0 Å². The highest BCUT2D eigenvalue weighted by molar-refractivity contribution is 7.99. The van der Waals surface area contributed by atoms with E-state index in [0.29, 0.717) is 5.16 Å². The molecule has 1 aromatic heterocycles. The minimum atomic E-state index is -2.82. The molecule has 0 saturated heterocycles. The molecule has 22 heavy (non-hydrogen) atoms. The van der Waals surface area contributed by atoms with E-state index in [2.05, 4.69) is 14.9 Å². The summed E-state index contributed by atoms with van der Waals surface area (Å²) >= 11 is 1.46. The van der Waals surface area contributed by atoms with E-state index in [1.54, 1.807) is 16.7 Å². The molecule has 0 spiro atoms. The summed E-state index contributed by atoms with van der Waals surface area (Å²) in [6.45, 7) is -0.848. The van der Waals surface area contributed by atoms with Gasteiger partial charge in [-0.15, -0.1) is 5.10 Å². The number of benzene rings is 1. The number of halogens is 2. The molecule has 1 N–H and O–H groups in total. The largest absolute Gasteiger partial charge is 0.435 e. The molecule has 0 bridgehead atoms. The van der Waals surface area contributed by atoms with Crippen molar-refractivity contribution < 1.29 is 13.5 Å². The van der Waals surface area contributed by atoms with Gasteiger partial charge < -0.3 is 4.74 Å². The Bertz CT molecular complexity index is 695. The highest BCUT2D eigenvalue weighted by Crippen LogP contribution is 2.40. The van der Waals surface area contributed by atoms with Crippen LogP contribution in [0.15, 0.2) is 34.2 Å². The SMILES string of the molecule is C[C@@H](Sc1n[nH]c(=O)n1C1CC1)c1ccc(OC(F)F)cc1. The van der Waals surface area contributed by atoms with Gasteiger partial charge in [-0.3, -0.25) is 4.57 Å². The maximum absolute atomic E-state index is 12.1. The summed E-state index contributed by atoms with van der Waals surface area (Å²) in [5, 5.41) is 7.24. The number of nitrogens with one attached hydrogen (secondary N) is 1. The van der Waals surface area contributed by atoms with Crippen molar-refractivity contribution in [2.45, 2.75) is 42.8 Å². The van der Waals surface area contributed by atoms with Gasteiger partial charge in [-0.05, 0) is 37.5 Å². The third kappa shape index (κ3) is 3.32. The second-order valence-corrected chi connectivity index (χ2v) is 6.43. The third-order valence-corrected chi connectivity index (χ3v) is 4.57.